The highest BCUT2D eigenvalue weighted by Crippen LogP contribution is 2.06. The van der Waals surface area contributed by atoms with Crippen molar-refractivity contribution in [3.8, 4) is 6.07 Å². The number of nitrogens with one attached hydrogen (secondary N) is 2. The van der Waals surface area contributed by atoms with Crippen molar-refractivity contribution in [1.82, 2.24) is 10.6 Å². The van der Waals surface area contributed by atoms with Crippen LogP contribution in [-0.4, -0.2) is 46.7 Å². The van der Waals surface area contributed by atoms with Crippen LogP contribution < -0.4 is 10.6 Å². The van der Waals surface area contributed by atoms with Crippen LogP contribution in [0.1, 0.15) is 20.8 Å². The molecule has 8 heteroatoms. The number of amides is 2. The molecule has 0 aromatic heterocycles. The number of rotatable bonds is 4. The molecule has 0 aromatic rings. The van der Waals surface area contributed by atoms with Gasteiger partial charge in [-0.15, -0.1) is 0 Å². The lowest BCUT2D eigenvalue weighted by Gasteiger charge is -2.22. The molecule has 0 saturated heterocycles. The Morgan fingerprint density at radius 3 is 2.39 bits per heavy atom. The summed E-state index contributed by atoms with van der Waals surface area (Å²) in [4.78, 5) is 21.7. The Morgan fingerprint density at radius 2 is 2.00 bits per heavy atom. The first-order valence-corrected chi connectivity index (χ1v) is 5.19. The minimum atomic E-state index is -1.56. The van der Waals surface area contributed by atoms with Crippen LogP contribution in [0.25, 0.3) is 0 Å². The molecule has 0 fully saturated rings. The first kappa shape index (κ1) is 16.0. The fourth-order valence-corrected chi connectivity index (χ4v) is 0.998. The van der Waals surface area contributed by atoms with Gasteiger partial charge in [0.1, 0.15) is 5.60 Å². The molecule has 0 aromatic carbocycles. The smallest absolute Gasteiger partial charge is 0.407 e. The van der Waals surface area contributed by atoms with E-state index < -0.39 is 29.9 Å². The molecule has 0 saturated carbocycles. The second kappa shape index (κ2) is 6.66. The monoisotopic (exact) mass is 259 g/mol. The number of ether oxygens (including phenoxy) is 1. The average molecular weight is 259 g/mol. The van der Waals surface area contributed by atoms with Crippen LogP contribution in [0.4, 0.5) is 9.59 Å². The first-order valence-electron chi connectivity index (χ1n) is 5.19. The molecule has 0 bridgehead atoms. The van der Waals surface area contributed by atoms with Crippen molar-refractivity contribution in [3.05, 3.63) is 0 Å². The second-order valence-corrected chi connectivity index (χ2v) is 4.51. The first-order chi connectivity index (χ1) is 8.15. The summed E-state index contributed by atoms with van der Waals surface area (Å²) in [6.45, 7) is 4.76. The molecular formula is C10H17N3O5. The van der Waals surface area contributed by atoms with Gasteiger partial charge < -0.3 is 25.6 Å². The third-order valence-electron chi connectivity index (χ3n) is 1.69. The summed E-state index contributed by atoms with van der Waals surface area (Å²) in [7, 11) is 0. The molecule has 0 radical (unpaired) electrons. The summed E-state index contributed by atoms with van der Waals surface area (Å²) in [5.74, 6) is 0. The number of alkyl carbamates (subject to hydrolysis) is 1. The molecule has 0 aliphatic carbocycles. The summed E-state index contributed by atoms with van der Waals surface area (Å²) in [5, 5.41) is 30.4. The third kappa shape index (κ3) is 7.29. The van der Waals surface area contributed by atoms with Gasteiger partial charge in [-0.05, 0) is 20.8 Å². The normalized spacial score (nSPS) is 13.9. The Labute approximate surface area is 105 Å². The maximum Gasteiger partial charge on any atom is 0.407 e. The van der Waals surface area contributed by atoms with Crippen molar-refractivity contribution in [2.75, 3.05) is 6.54 Å². The van der Waals surface area contributed by atoms with Gasteiger partial charge in [-0.3, -0.25) is 0 Å². The number of aliphatic hydroxyl groups excluding tert-OH is 1. The molecule has 102 valence electrons. The Bertz CT molecular complexity index is 344. The van der Waals surface area contributed by atoms with Gasteiger partial charge in [0.25, 0.3) is 0 Å². The molecule has 0 heterocycles. The third-order valence-corrected chi connectivity index (χ3v) is 1.69. The van der Waals surface area contributed by atoms with Gasteiger partial charge in [0, 0.05) is 6.54 Å². The number of aliphatic hydroxyl groups is 1. The summed E-state index contributed by atoms with van der Waals surface area (Å²) in [6.07, 6.45) is -3.72. The standard InChI is InChI=1S/C10H17N3O5/c1-10(2,3)18-9(17)12-5-6(7(14)4-11)13-8(15)16/h6-7,13-14H,5H2,1-3H3,(H,12,17)(H,15,16). The molecule has 0 aliphatic rings. The number of hydrogen-bond donors (Lipinski definition) is 4. The van der Waals surface area contributed by atoms with Gasteiger partial charge in [-0.1, -0.05) is 0 Å². The van der Waals surface area contributed by atoms with Crippen molar-refractivity contribution >= 4 is 12.2 Å². The molecule has 18 heavy (non-hydrogen) atoms. The maximum absolute atomic E-state index is 11.3. The Hall–Kier alpha value is -2.01. The number of carbonyl (C=O) groups is 2. The van der Waals surface area contributed by atoms with E-state index in [4.69, 9.17) is 15.1 Å². The zero-order valence-electron chi connectivity index (χ0n) is 10.4. The Morgan fingerprint density at radius 1 is 1.44 bits per heavy atom. The molecule has 2 unspecified atom stereocenters. The number of carboxylic acid groups (broad SMARTS) is 1. The number of nitriles is 1. The van der Waals surface area contributed by atoms with E-state index in [-0.39, 0.29) is 6.54 Å². The van der Waals surface area contributed by atoms with Crippen LogP contribution in [0.3, 0.4) is 0 Å². The fraction of sp³-hybridized carbons (Fsp3) is 0.700. The average Bonchev–Trinajstić information content (AvgIpc) is 2.20. The van der Waals surface area contributed by atoms with Crippen molar-refractivity contribution < 1.29 is 24.5 Å². The molecule has 0 spiro atoms. The van der Waals surface area contributed by atoms with Crippen LogP contribution in [0.5, 0.6) is 0 Å². The zero-order valence-corrected chi connectivity index (χ0v) is 10.4. The fourth-order valence-electron chi connectivity index (χ4n) is 0.998. The number of hydrogen-bond acceptors (Lipinski definition) is 5. The molecule has 2 amide bonds. The van der Waals surface area contributed by atoms with E-state index in [1.807, 2.05) is 5.32 Å². The Kier molecular flexibility index (Phi) is 5.92. The highest BCUT2D eigenvalue weighted by atomic mass is 16.6. The number of carbonyl (C=O) groups excluding carboxylic acids is 1. The van der Waals surface area contributed by atoms with Crippen molar-refractivity contribution in [2.24, 2.45) is 0 Å². The lowest BCUT2D eigenvalue weighted by molar-refractivity contribution is 0.0511. The van der Waals surface area contributed by atoms with Crippen LogP contribution in [0, 0.1) is 11.3 Å². The van der Waals surface area contributed by atoms with Crippen molar-refractivity contribution in [3.63, 3.8) is 0 Å². The van der Waals surface area contributed by atoms with E-state index in [1.165, 1.54) is 6.07 Å². The van der Waals surface area contributed by atoms with Crippen LogP contribution >= 0.6 is 0 Å². The highest BCUT2D eigenvalue weighted by Gasteiger charge is 2.23. The summed E-state index contributed by atoms with van der Waals surface area (Å²) in [6, 6.07) is 0.355. The predicted octanol–water partition coefficient (Wildman–Crippen LogP) is 0.0318. The SMILES string of the molecule is CC(C)(C)OC(=O)NCC(NC(=O)O)C(O)C#N. The Balaban J connectivity index is 4.31. The minimum Gasteiger partial charge on any atom is -0.465 e. The second-order valence-electron chi connectivity index (χ2n) is 4.51. The summed E-state index contributed by atoms with van der Waals surface area (Å²) in [5.41, 5.74) is -0.687. The van der Waals surface area contributed by atoms with Gasteiger partial charge >= 0.3 is 12.2 Å². The quantitative estimate of drug-likeness (QED) is 0.527. The van der Waals surface area contributed by atoms with Crippen LogP contribution in [0.2, 0.25) is 0 Å². The molecule has 8 nitrogen and oxygen atoms in total. The van der Waals surface area contributed by atoms with E-state index in [1.54, 1.807) is 20.8 Å². The van der Waals surface area contributed by atoms with E-state index in [0.29, 0.717) is 0 Å². The summed E-state index contributed by atoms with van der Waals surface area (Å²) < 4.78 is 4.92. The zero-order chi connectivity index (χ0) is 14.3. The molecule has 0 rings (SSSR count). The van der Waals surface area contributed by atoms with Gasteiger partial charge in [-0.2, -0.15) is 5.26 Å². The van der Waals surface area contributed by atoms with Crippen molar-refractivity contribution in [1.29, 1.82) is 5.26 Å². The maximum atomic E-state index is 11.3. The van der Waals surface area contributed by atoms with E-state index in [0.717, 1.165) is 0 Å². The molecule has 0 aliphatic heterocycles. The molecule has 2 atom stereocenters. The van der Waals surface area contributed by atoms with Crippen LogP contribution in [0.15, 0.2) is 0 Å². The van der Waals surface area contributed by atoms with E-state index >= 15 is 0 Å². The number of nitrogens with zero attached hydrogens (tertiary/aromatic N) is 1. The molecular weight excluding hydrogens is 242 g/mol. The molecule has 4 N–H and O–H groups in total. The highest BCUT2D eigenvalue weighted by molar-refractivity contribution is 5.68. The van der Waals surface area contributed by atoms with E-state index in [9.17, 15) is 14.7 Å². The predicted molar refractivity (Wildman–Crippen MR) is 60.8 cm³/mol. The van der Waals surface area contributed by atoms with Gasteiger partial charge in [0.15, 0.2) is 6.10 Å². The topological polar surface area (TPSA) is 132 Å². The van der Waals surface area contributed by atoms with Gasteiger partial charge in [0.05, 0.1) is 12.1 Å². The lowest BCUT2D eigenvalue weighted by atomic mass is 10.2. The summed E-state index contributed by atoms with van der Waals surface area (Å²) >= 11 is 0. The van der Waals surface area contributed by atoms with Gasteiger partial charge in [0.2, 0.25) is 0 Å². The lowest BCUT2D eigenvalue weighted by Crippen LogP contribution is -2.50. The van der Waals surface area contributed by atoms with Gasteiger partial charge in [-0.25, -0.2) is 9.59 Å². The largest absolute Gasteiger partial charge is 0.465 e. The minimum absolute atomic E-state index is 0.254. The van der Waals surface area contributed by atoms with E-state index in [2.05, 4.69) is 5.32 Å². The van der Waals surface area contributed by atoms with Crippen molar-refractivity contribution in [2.45, 2.75) is 38.5 Å². The van der Waals surface area contributed by atoms with Crippen LogP contribution in [-0.2, 0) is 4.74 Å².